The Morgan fingerprint density at radius 1 is 1.35 bits per heavy atom. The lowest BCUT2D eigenvalue weighted by Gasteiger charge is -1.99. The smallest absolute Gasteiger partial charge is 0.152 e. The second-order valence-corrected chi connectivity index (χ2v) is 4.64. The number of ether oxygens (including phenoxy) is 1. The lowest BCUT2D eigenvalue weighted by molar-refractivity contribution is 0.112. The first-order valence-corrected chi connectivity index (χ1v) is 6.24. The van der Waals surface area contributed by atoms with Gasteiger partial charge in [0.1, 0.15) is 11.5 Å². The second kappa shape index (κ2) is 4.52. The molecule has 0 saturated carbocycles. The summed E-state index contributed by atoms with van der Waals surface area (Å²) in [4.78, 5) is 14.8. The summed E-state index contributed by atoms with van der Waals surface area (Å²) in [6.45, 7) is 3.68. The lowest BCUT2D eigenvalue weighted by atomic mass is 10.1. The fourth-order valence-corrected chi connectivity index (χ4v) is 2.48. The van der Waals surface area contributed by atoms with Crippen molar-refractivity contribution in [2.24, 2.45) is 0 Å². The number of nitrogens with zero attached hydrogens (tertiary/aromatic N) is 1. The van der Waals surface area contributed by atoms with Crippen molar-refractivity contribution in [1.82, 2.24) is 10.1 Å². The first kappa shape index (κ1) is 12.5. The van der Waals surface area contributed by atoms with E-state index in [4.69, 9.17) is 9.26 Å². The van der Waals surface area contributed by atoms with Crippen LogP contribution in [-0.4, -0.2) is 23.5 Å². The van der Waals surface area contributed by atoms with Crippen LogP contribution in [-0.2, 0) is 0 Å². The van der Waals surface area contributed by atoms with Gasteiger partial charge in [-0.3, -0.25) is 4.79 Å². The maximum atomic E-state index is 11.5. The van der Waals surface area contributed by atoms with Crippen LogP contribution in [0.1, 0.15) is 21.8 Å². The number of nitrogens with one attached hydrogen (secondary N) is 1. The van der Waals surface area contributed by atoms with Crippen LogP contribution in [0.25, 0.3) is 22.2 Å². The van der Waals surface area contributed by atoms with Gasteiger partial charge in [-0.25, -0.2) is 0 Å². The highest BCUT2D eigenvalue weighted by Gasteiger charge is 2.19. The van der Waals surface area contributed by atoms with Gasteiger partial charge in [-0.1, -0.05) is 5.16 Å². The van der Waals surface area contributed by atoms with E-state index in [9.17, 15) is 4.79 Å². The summed E-state index contributed by atoms with van der Waals surface area (Å²) in [5, 5.41) is 4.76. The third-order valence-corrected chi connectivity index (χ3v) is 3.45. The van der Waals surface area contributed by atoms with Crippen LogP contribution in [0.5, 0.6) is 5.75 Å². The molecule has 5 heteroatoms. The van der Waals surface area contributed by atoms with Crippen LogP contribution in [0, 0.1) is 13.8 Å². The number of rotatable bonds is 3. The van der Waals surface area contributed by atoms with E-state index in [0.29, 0.717) is 17.1 Å². The number of benzene rings is 1. The average Bonchev–Trinajstić information content (AvgIpc) is 2.97. The normalized spacial score (nSPS) is 10.9. The van der Waals surface area contributed by atoms with Crippen molar-refractivity contribution in [3.63, 3.8) is 0 Å². The molecule has 0 aliphatic rings. The minimum atomic E-state index is 0.591. The zero-order valence-electron chi connectivity index (χ0n) is 11.5. The molecule has 0 radical (unpaired) electrons. The minimum Gasteiger partial charge on any atom is -0.497 e. The van der Waals surface area contributed by atoms with Gasteiger partial charge >= 0.3 is 0 Å². The molecule has 0 spiro atoms. The van der Waals surface area contributed by atoms with Crippen LogP contribution >= 0.6 is 0 Å². The number of aromatic amines is 1. The zero-order chi connectivity index (χ0) is 14.3. The molecule has 102 valence electrons. The van der Waals surface area contributed by atoms with Gasteiger partial charge in [-0.05, 0) is 32.0 Å². The highest BCUT2D eigenvalue weighted by Crippen LogP contribution is 2.34. The van der Waals surface area contributed by atoms with Crippen LogP contribution in [0.15, 0.2) is 22.7 Å². The van der Waals surface area contributed by atoms with Crippen LogP contribution in [0.4, 0.5) is 0 Å². The fraction of sp³-hybridized carbons (Fsp3) is 0.200. The highest BCUT2D eigenvalue weighted by molar-refractivity contribution is 6.05. The number of hydrogen-bond acceptors (Lipinski definition) is 4. The molecule has 1 aromatic carbocycles. The SMILES string of the molecule is COc1ccc2[nH]c(-c3c(C)noc3C)c(C=O)c2c1. The van der Waals surface area contributed by atoms with E-state index in [1.807, 2.05) is 32.0 Å². The Morgan fingerprint density at radius 3 is 2.75 bits per heavy atom. The Bertz CT molecular complexity index is 779. The molecular weight excluding hydrogens is 256 g/mol. The summed E-state index contributed by atoms with van der Waals surface area (Å²) < 4.78 is 10.4. The molecule has 2 aromatic heterocycles. The summed E-state index contributed by atoms with van der Waals surface area (Å²) in [6.07, 6.45) is 0.847. The van der Waals surface area contributed by atoms with Crippen LogP contribution < -0.4 is 4.74 Å². The summed E-state index contributed by atoms with van der Waals surface area (Å²) in [7, 11) is 1.60. The summed E-state index contributed by atoms with van der Waals surface area (Å²) >= 11 is 0. The number of fused-ring (bicyclic) bond motifs is 1. The number of carbonyl (C=O) groups excluding carboxylic acids is 1. The second-order valence-electron chi connectivity index (χ2n) is 4.64. The molecule has 3 rings (SSSR count). The maximum Gasteiger partial charge on any atom is 0.152 e. The monoisotopic (exact) mass is 270 g/mol. The Labute approximate surface area is 115 Å². The third-order valence-electron chi connectivity index (χ3n) is 3.45. The fourth-order valence-electron chi connectivity index (χ4n) is 2.48. The van der Waals surface area contributed by atoms with E-state index >= 15 is 0 Å². The first-order valence-electron chi connectivity index (χ1n) is 6.24. The third kappa shape index (κ3) is 1.71. The molecule has 0 atom stereocenters. The number of H-pyrrole nitrogens is 1. The zero-order valence-corrected chi connectivity index (χ0v) is 11.5. The predicted molar refractivity (Wildman–Crippen MR) is 75.2 cm³/mol. The Morgan fingerprint density at radius 2 is 2.15 bits per heavy atom. The van der Waals surface area contributed by atoms with Crippen molar-refractivity contribution < 1.29 is 14.1 Å². The predicted octanol–water partition coefficient (Wildman–Crippen LogP) is 3.26. The van der Waals surface area contributed by atoms with Gasteiger partial charge in [0.25, 0.3) is 0 Å². The lowest BCUT2D eigenvalue weighted by Crippen LogP contribution is -1.87. The van der Waals surface area contributed by atoms with E-state index in [1.54, 1.807) is 7.11 Å². The van der Waals surface area contributed by atoms with E-state index in [-0.39, 0.29) is 0 Å². The van der Waals surface area contributed by atoms with Gasteiger partial charge < -0.3 is 14.2 Å². The van der Waals surface area contributed by atoms with Crippen molar-refractivity contribution in [2.45, 2.75) is 13.8 Å². The number of methoxy groups -OCH3 is 1. The number of aromatic nitrogens is 2. The molecule has 5 nitrogen and oxygen atoms in total. The summed E-state index contributed by atoms with van der Waals surface area (Å²) in [5.41, 5.74) is 3.79. The number of carbonyl (C=O) groups is 1. The van der Waals surface area contributed by atoms with Gasteiger partial charge in [0.15, 0.2) is 6.29 Å². The Hall–Kier alpha value is -2.56. The number of aryl methyl sites for hydroxylation is 2. The van der Waals surface area contributed by atoms with Gasteiger partial charge in [-0.2, -0.15) is 0 Å². The molecule has 20 heavy (non-hydrogen) atoms. The van der Waals surface area contributed by atoms with Crippen molar-refractivity contribution in [2.75, 3.05) is 7.11 Å². The molecule has 0 unspecified atom stereocenters. The van der Waals surface area contributed by atoms with Crippen LogP contribution in [0.2, 0.25) is 0 Å². The quantitative estimate of drug-likeness (QED) is 0.742. The van der Waals surface area contributed by atoms with Gasteiger partial charge in [-0.15, -0.1) is 0 Å². The molecule has 0 amide bonds. The molecule has 2 heterocycles. The molecule has 0 bridgehead atoms. The van der Waals surface area contributed by atoms with E-state index in [1.165, 1.54) is 0 Å². The number of hydrogen-bond donors (Lipinski definition) is 1. The Balaban J connectivity index is 2.34. The molecular formula is C15H14N2O3. The van der Waals surface area contributed by atoms with Gasteiger partial charge in [0, 0.05) is 16.5 Å². The minimum absolute atomic E-state index is 0.591. The van der Waals surface area contributed by atoms with E-state index in [2.05, 4.69) is 10.1 Å². The van der Waals surface area contributed by atoms with Crippen molar-refractivity contribution in [1.29, 1.82) is 0 Å². The van der Waals surface area contributed by atoms with Crippen molar-refractivity contribution >= 4 is 17.2 Å². The van der Waals surface area contributed by atoms with E-state index in [0.717, 1.165) is 34.1 Å². The largest absolute Gasteiger partial charge is 0.497 e. The molecule has 3 aromatic rings. The topological polar surface area (TPSA) is 68.1 Å². The maximum absolute atomic E-state index is 11.5. The molecule has 0 fully saturated rings. The average molecular weight is 270 g/mol. The highest BCUT2D eigenvalue weighted by atomic mass is 16.5. The summed E-state index contributed by atoms with van der Waals surface area (Å²) in [5.74, 6) is 1.40. The molecule has 0 aliphatic carbocycles. The van der Waals surface area contributed by atoms with Crippen molar-refractivity contribution in [3.8, 4) is 17.0 Å². The van der Waals surface area contributed by atoms with E-state index < -0.39 is 0 Å². The van der Waals surface area contributed by atoms with Gasteiger partial charge in [0.2, 0.25) is 0 Å². The number of aldehydes is 1. The van der Waals surface area contributed by atoms with Crippen molar-refractivity contribution in [3.05, 3.63) is 35.2 Å². The molecule has 0 saturated heterocycles. The first-order chi connectivity index (χ1) is 9.65. The molecule has 1 N–H and O–H groups in total. The van der Waals surface area contributed by atoms with Crippen LogP contribution in [0.3, 0.4) is 0 Å². The summed E-state index contributed by atoms with van der Waals surface area (Å²) in [6, 6.07) is 5.59. The standard InChI is InChI=1S/C15H14N2O3/c1-8-14(9(2)20-17-8)15-12(7-18)11-6-10(19-3)4-5-13(11)16-15/h4-7,16H,1-3H3. The van der Waals surface area contributed by atoms with Gasteiger partial charge in [0.05, 0.1) is 24.1 Å². The molecule has 0 aliphatic heterocycles. The Kier molecular flexibility index (Phi) is 2.82.